The summed E-state index contributed by atoms with van der Waals surface area (Å²) >= 11 is 1.63. The summed E-state index contributed by atoms with van der Waals surface area (Å²) in [5, 5.41) is 4.74. The van der Waals surface area contributed by atoms with Crippen LogP contribution in [0.2, 0.25) is 0 Å². The lowest BCUT2D eigenvalue weighted by atomic mass is 9.97. The summed E-state index contributed by atoms with van der Waals surface area (Å²) in [6, 6.07) is 9.49. The van der Waals surface area contributed by atoms with Gasteiger partial charge in [-0.1, -0.05) is 18.2 Å². The van der Waals surface area contributed by atoms with E-state index < -0.39 is 0 Å². The molecule has 6 nitrogen and oxygen atoms in total. The number of aromatic nitrogens is 2. The molecule has 3 heterocycles. The molecule has 154 valence electrons. The Morgan fingerprint density at radius 2 is 2.13 bits per heavy atom. The number of nitrogens with zero attached hydrogens (tertiary/aromatic N) is 1. The Morgan fingerprint density at radius 3 is 3.00 bits per heavy atom. The fraction of sp³-hybridized carbons (Fsp3) is 0.348. The van der Waals surface area contributed by atoms with Gasteiger partial charge in [0, 0.05) is 23.1 Å². The number of aromatic amines is 1. The van der Waals surface area contributed by atoms with E-state index in [9.17, 15) is 9.59 Å². The molecule has 30 heavy (non-hydrogen) atoms. The van der Waals surface area contributed by atoms with Crippen LogP contribution in [0.1, 0.15) is 54.3 Å². The maximum Gasteiger partial charge on any atom is 0.259 e. The quantitative estimate of drug-likeness (QED) is 0.499. The van der Waals surface area contributed by atoms with Gasteiger partial charge in [-0.3, -0.25) is 9.59 Å². The van der Waals surface area contributed by atoms with E-state index in [1.807, 2.05) is 37.3 Å². The topological polar surface area (TPSA) is 88.0 Å². The number of carbonyl (C=O) groups excluding carboxylic acids is 1. The van der Waals surface area contributed by atoms with Gasteiger partial charge in [0.05, 0.1) is 11.4 Å². The van der Waals surface area contributed by atoms with Gasteiger partial charge in [-0.2, -0.15) is 0 Å². The molecule has 4 aromatic rings. The van der Waals surface area contributed by atoms with E-state index in [-0.39, 0.29) is 23.9 Å². The third-order valence-corrected chi connectivity index (χ3v) is 6.90. The monoisotopic (exact) mass is 421 g/mol. The molecular weight excluding hydrogens is 398 g/mol. The van der Waals surface area contributed by atoms with E-state index in [1.165, 1.54) is 16.9 Å². The number of thiophene rings is 1. The second-order valence-corrected chi connectivity index (χ2v) is 8.96. The summed E-state index contributed by atoms with van der Waals surface area (Å²) in [6.45, 7) is 1.90. The van der Waals surface area contributed by atoms with Crippen LogP contribution in [0.15, 0.2) is 39.5 Å². The molecule has 0 saturated carbocycles. The summed E-state index contributed by atoms with van der Waals surface area (Å²) in [7, 11) is 0. The first-order valence-electron chi connectivity index (χ1n) is 10.4. The molecule has 0 aliphatic heterocycles. The largest absolute Gasteiger partial charge is 0.459 e. The molecule has 0 unspecified atom stereocenters. The van der Waals surface area contributed by atoms with Crippen molar-refractivity contribution in [3.63, 3.8) is 0 Å². The molecule has 1 atom stereocenters. The van der Waals surface area contributed by atoms with E-state index in [0.29, 0.717) is 12.2 Å². The molecule has 1 aromatic carbocycles. The Balaban J connectivity index is 1.26. The maximum atomic E-state index is 12.6. The second-order valence-electron chi connectivity index (χ2n) is 7.88. The highest BCUT2D eigenvalue weighted by atomic mass is 32.1. The zero-order valence-corrected chi connectivity index (χ0v) is 17.6. The predicted octanol–water partition coefficient (Wildman–Crippen LogP) is 4.42. The lowest BCUT2D eigenvalue weighted by Crippen LogP contribution is -2.27. The van der Waals surface area contributed by atoms with Gasteiger partial charge in [-0.05, 0) is 50.3 Å². The molecule has 0 spiro atoms. The van der Waals surface area contributed by atoms with Crippen molar-refractivity contribution >= 4 is 38.4 Å². The molecule has 0 saturated heterocycles. The number of amides is 1. The number of fused-ring (bicyclic) bond motifs is 4. The number of carbonyl (C=O) groups is 1. The molecule has 2 N–H and O–H groups in total. The number of rotatable bonds is 5. The van der Waals surface area contributed by atoms with Crippen LogP contribution < -0.4 is 10.9 Å². The van der Waals surface area contributed by atoms with Crippen LogP contribution in [-0.4, -0.2) is 15.9 Å². The summed E-state index contributed by atoms with van der Waals surface area (Å²) in [5.74, 6) is 1.19. The van der Waals surface area contributed by atoms with Gasteiger partial charge in [0.2, 0.25) is 5.91 Å². The Bertz CT molecular complexity index is 1270. The zero-order chi connectivity index (χ0) is 20.7. The van der Waals surface area contributed by atoms with Crippen LogP contribution in [-0.2, 0) is 24.1 Å². The van der Waals surface area contributed by atoms with Crippen molar-refractivity contribution < 1.29 is 9.21 Å². The highest BCUT2D eigenvalue weighted by Gasteiger charge is 2.20. The molecule has 0 bridgehead atoms. The Hall–Kier alpha value is -2.93. The SMILES string of the molecule is C[C@@H](NC(=O)CCc1nc2sc3c(c2c(=O)[nH]1)CCCC3)c1cc2ccccc2o1. The third-order valence-electron chi connectivity index (χ3n) is 5.71. The van der Waals surface area contributed by atoms with Crippen molar-refractivity contribution in [2.45, 2.75) is 51.5 Å². The average molecular weight is 422 g/mol. The van der Waals surface area contributed by atoms with Crippen molar-refractivity contribution in [3.05, 3.63) is 62.7 Å². The molecule has 1 aliphatic carbocycles. The predicted molar refractivity (Wildman–Crippen MR) is 118 cm³/mol. The first kappa shape index (κ1) is 19.1. The molecule has 7 heteroatoms. The highest BCUT2D eigenvalue weighted by Crippen LogP contribution is 2.33. The van der Waals surface area contributed by atoms with Crippen molar-refractivity contribution in [1.29, 1.82) is 0 Å². The van der Waals surface area contributed by atoms with E-state index in [2.05, 4.69) is 15.3 Å². The van der Waals surface area contributed by atoms with Crippen molar-refractivity contribution in [1.82, 2.24) is 15.3 Å². The van der Waals surface area contributed by atoms with Crippen molar-refractivity contribution in [3.8, 4) is 0 Å². The number of hydrogen-bond donors (Lipinski definition) is 2. The average Bonchev–Trinajstić information content (AvgIpc) is 3.33. The minimum absolute atomic E-state index is 0.0783. The Kier molecular flexibility index (Phi) is 4.90. The number of aryl methyl sites for hydroxylation is 3. The lowest BCUT2D eigenvalue weighted by Gasteiger charge is -2.11. The normalized spacial score (nSPS) is 14.7. The van der Waals surface area contributed by atoms with Crippen LogP contribution in [0.4, 0.5) is 0 Å². The van der Waals surface area contributed by atoms with Crippen molar-refractivity contribution in [2.24, 2.45) is 0 Å². The van der Waals surface area contributed by atoms with Crippen LogP contribution >= 0.6 is 11.3 Å². The number of furan rings is 1. The zero-order valence-electron chi connectivity index (χ0n) is 16.8. The minimum atomic E-state index is -0.233. The highest BCUT2D eigenvalue weighted by molar-refractivity contribution is 7.18. The number of nitrogens with one attached hydrogen (secondary N) is 2. The molecule has 1 amide bonds. The number of para-hydroxylation sites is 1. The van der Waals surface area contributed by atoms with E-state index in [0.717, 1.165) is 46.2 Å². The van der Waals surface area contributed by atoms with Gasteiger partial charge in [0.15, 0.2) is 0 Å². The summed E-state index contributed by atoms with van der Waals surface area (Å²) in [4.78, 5) is 34.7. The summed E-state index contributed by atoms with van der Waals surface area (Å²) < 4.78 is 5.82. The first-order chi connectivity index (χ1) is 14.6. The van der Waals surface area contributed by atoms with Crippen LogP contribution in [0.25, 0.3) is 21.2 Å². The standard InChI is InChI=1S/C23H23N3O3S/c1-13(17-12-14-6-2-4-8-16(14)29-17)24-20(27)11-10-19-25-22(28)21-15-7-3-5-9-18(15)30-23(21)26-19/h2,4,6,8,12-13H,3,5,7,9-11H2,1H3,(H,24,27)(H,25,26,28)/t13-/m1/s1. The second kappa shape index (κ2) is 7.72. The van der Waals surface area contributed by atoms with Gasteiger partial charge in [-0.15, -0.1) is 11.3 Å². The molecular formula is C23H23N3O3S. The molecule has 3 aromatic heterocycles. The third kappa shape index (κ3) is 3.54. The fourth-order valence-corrected chi connectivity index (χ4v) is 5.44. The molecule has 0 radical (unpaired) electrons. The maximum absolute atomic E-state index is 12.6. The molecule has 1 aliphatic rings. The lowest BCUT2D eigenvalue weighted by molar-refractivity contribution is -0.121. The van der Waals surface area contributed by atoms with E-state index >= 15 is 0 Å². The number of hydrogen-bond acceptors (Lipinski definition) is 5. The van der Waals surface area contributed by atoms with Gasteiger partial charge in [0.25, 0.3) is 5.56 Å². The molecule has 5 rings (SSSR count). The summed E-state index contributed by atoms with van der Waals surface area (Å²) in [5.41, 5.74) is 1.91. The minimum Gasteiger partial charge on any atom is -0.459 e. The number of benzene rings is 1. The van der Waals surface area contributed by atoms with Crippen molar-refractivity contribution in [2.75, 3.05) is 0 Å². The summed E-state index contributed by atoms with van der Waals surface area (Å²) in [6.07, 6.45) is 4.95. The number of H-pyrrole nitrogens is 1. The van der Waals surface area contributed by atoms with Crippen LogP contribution in [0, 0.1) is 0 Å². The van der Waals surface area contributed by atoms with Gasteiger partial charge >= 0.3 is 0 Å². The molecule has 0 fully saturated rings. The van der Waals surface area contributed by atoms with Crippen LogP contribution in [0.5, 0.6) is 0 Å². The van der Waals surface area contributed by atoms with Crippen LogP contribution in [0.3, 0.4) is 0 Å². The Morgan fingerprint density at radius 1 is 1.30 bits per heavy atom. The van der Waals surface area contributed by atoms with E-state index in [1.54, 1.807) is 11.3 Å². The van der Waals surface area contributed by atoms with Gasteiger partial charge in [0.1, 0.15) is 22.0 Å². The van der Waals surface area contributed by atoms with Gasteiger partial charge < -0.3 is 14.7 Å². The fourth-order valence-electron chi connectivity index (χ4n) is 4.16. The Labute approximate surface area is 177 Å². The van der Waals surface area contributed by atoms with Gasteiger partial charge in [-0.25, -0.2) is 4.98 Å². The first-order valence-corrected chi connectivity index (χ1v) is 11.2. The van der Waals surface area contributed by atoms with E-state index in [4.69, 9.17) is 4.42 Å². The smallest absolute Gasteiger partial charge is 0.259 e.